The third-order valence-corrected chi connectivity index (χ3v) is 5.56. The molecule has 1 aromatic carbocycles. The number of ether oxygens (including phenoxy) is 1. The lowest BCUT2D eigenvalue weighted by Crippen LogP contribution is -2.40. The van der Waals surface area contributed by atoms with Gasteiger partial charge in [-0.2, -0.15) is 0 Å². The fourth-order valence-electron chi connectivity index (χ4n) is 2.38. The summed E-state index contributed by atoms with van der Waals surface area (Å²) in [6.45, 7) is 0. The maximum Gasteiger partial charge on any atom is 0.242 e. The molecule has 0 aliphatic heterocycles. The Morgan fingerprint density at radius 1 is 1.45 bits per heavy atom. The molecule has 20 heavy (non-hydrogen) atoms. The molecule has 1 aromatic rings. The van der Waals surface area contributed by atoms with Gasteiger partial charge in [-0.15, -0.1) is 0 Å². The average Bonchev–Trinajstić information content (AvgIpc) is 2.80. The first-order chi connectivity index (χ1) is 9.35. The number of nitrogen functional groups attached to an aromatic ring is 1. The van der Waals surface area contributed by atoms with E-state index in [0.717, 1.165) is 18.9 Å². The zero-order chi connectivity index (χ0) is 14.9. The van der Waals surface area contributed by atoms with Gasteiger partial charge in [0.25, 0.3) is 0 Å². The maximum absolute atomic E-state index is 13.3. The van der Waals surface area contributed by atoms with E-state index in [1.165, 1.54) is 6.07 Å². The van der Waals surface area contributed by atoms with Crippen molar-refractivity contribution in [2.45, 2.75) is 36.3 Å². The molecule has 1 saturated carbocycles. The molecular weight excluding hydrogens is 351 g/mol. The maximum atomic E-state index is 13.3. The number of anilines is 1. The van der Waals surface area contributed by atoms with E-state index in [1.807, 2.05) is 0 Å². The highest BCUT2D eigenvalue weighted by molar-refractivity contribution is 9.10. The van der Waals surface area contributed by atoms with E-state index in [-0.39, 0.29) is 27.2 Å². The second-order valence-electron chi connectivity index (χ2n) is 4.74. The van der Waals surface area contributed by atoms with Crippen LogP contribution >= 0.6 is 15.9 Å². The van der Waals surface area contributed by atoms with Gasteiger partial charge in [0, 0.05) is 13.2 Å². The third-order valence-electron chi connectivity index (χ3n) is 3.40. The lowest BCUT2D eigenvalue weighted by Gasteiger charge is -2.20. The Balaban J connectivity index is 2.29. The molecule has 0 aromatic heterocycles. The van der Waals surface area contributed by atoms with Crippen molar-refractivity contribution in [2.24, 2.45) is 0 Å². The molecule has 1 aliphatic carbocycles. The van der Waals surface area contributed by atoms with Crippen LogP contribution in [0.5, 0.6) is 0 Å². The number of nitrogens with one attached hydrogen (secondary N) is 1. The van der Waals surface area contributed by atoms with Gasteiger partial charge in [0.15, 0.2) is 0 Å². The van der Waals surface area contributed by atoms with E-state index >= 15 is 0 Å². The lowest BCUT2D eigenvalue weighted by atomic mass is 10.2. The Bertz CT molecular complexity index is 609. The number of methoxy groups -OCH3 is 1. The molecule has 8 heteroatoms. The third kappa shape index (κ3) is 3.13. The smallest absolute Gasteiger partial charge is 0.242 e. The van der Waals surface area contributed by atoms with Gasteiger partial charge in [0.2, 0.25) is 10.0 Å². The minimum Gasteiger partial charge on any atom is -0.398 e. The summed E-state index contributed by atoms with van der Waals surface area (Å²) in [6, 6.07) is 1.87. The number of hydrogen-bond acceptors (Lipinski definition) is 4. The van der Waals surface area contributed by atoms with E-state index in [2.05, 4.69) is 20.7 Å². The highest BCUT2D eigenvalue weighted by Crippen LogP contribution is 2.28. The zero-order valence-corrected chi connectivity index (χ0v) is 13.3. The van der Waals surface area contributed by atoms with Crippen LogP contribution in [0, 0.1) is 5.82 Å². The van der Waals surface area contributed by atoms with Gasteiger partial charge in [-0.1, -0.05) is 0 Å². The van der Waals surface area contributed by atoms with Gasteiger partial charge in [0.1, 0.15) is 10.7 Å². The number of halogens is 2. The van der Waals surface area contributed by atoms with Gasteiger partial charge in [-0.05, 0) is 47.3 Å². The molecule has 0 radical (unpaired) electrons. The SMILES string of the molecule is COC1CCCC1NS(=O)(=O)c1cc(Br)c(F)cc1N. The molecule has 2 unspecified atom stereocenters. The quantitative estimate of drug-likeness (QED) is 0.798. The predicted molar refractivity (Wildman–Crippen MR) is 77.3 cm³/mol. The normalized spacial score (nSPS) is 23.1. The number of hydrogen-bond donors (Lipinski definition) is 2. The fraction of sp³-hybridized carbons (Fsp3) is 0.500. The molecule has 112 valence electrons. The summed E-state index contributed by atoms with van der Waals surface area (Å²) < 4.78 is 45.9. The molecule has 1 aliphatic rings. The Kier molecular flexibility index (Phi) is 4.68. The standard InChI is InChI=1S/C12H16BrFN2O3S/c1-19-11-4-2-3-10(11)16-20(17,18)12-5-7(13)8(14)6-9(12)15/h5-6,10-11,16H,2-4,15H2,1H3. The van der Waals surface area contributed by atoms with Crippen LogP contribution in [0.2, 0.25) is 0 Å². The van der Waals surface area contributed by atoms with E-state index in [1.54, 1.807) is 7.11 Å². The molecule has 2 atom stereocenters. The summed E-state index contributed by atoms with van der Waals surface area (Å²) in [5.74, 6) is -0.600. The minimum absolute atomic E-state index is 0.0572. The topological polar surface area (TPSA) is 81.4 Å². The molecule has 3 N–H and O–H groups in total. The zero-order valence-electron chi connectivity index (χ0n) is 10.9. The van der Waals surface area contributed by atoms with E-state index in [9.17, 15) is 12.8 Å². The lowest BCUT2D eigenvalue weighted by molar-refractivity contribution is 0.0916. The number of nitrogens with two attached hydrogens (primary N) is 1. The summed E-state index contributed by atoms with van der Waals surface area (Å²) in [4.78, 5) is -0.132. The average molecular weight is 367 g/mol. The van der Waals surface area contributed by atoms with Crippen LogP contribution in [-0.4, -0.2) is 27.7 Å². The van der Waals surface area contributed by atoms with Crippen LogP contribution in [0.3, 0.4) is 0 Å². The van der Waals surface area contributed by atoms with E-state index in [0.29, 0.717) is 6.42 Å². The Labute approximate surface area is 125 Å². The summed E-state index contributed by atoms with van der Waals surface area (Å²) in [5.41, 5.74) is 5.49. The molecule has 5 nitrogen and oxygen atoms in total. The van der Waals surface area contributed by atoms with Crippen molar-refractivity contribution < 1.29 is 17.5 Å². The van der Waals surface area contributed by atoms with Crippen LogP contribution in [-0.2, 0) is 14.8 Å². The van der Waals surface area contributed by atoms with Crippen molar-refractivity contribution in [3.8, 4) is 0 Å². The number of benzene rings is 1. The van der Waals surface area contributed by atoms with Crippen molar-refractivity contribution in [3.63, 3.8) is 0 Å². The highest BCUT2D eigenvalue weighted by atomic mass is 79.9. The predicted octanol–water partition coefficient (Wildman–Crippen LogP) is 2.02. The molecule has 0 heterocycles. The second kappa shape index (κ2) is 5.97. The van der Waals surface area contributed by atoms with Crippen LogP contribution in [0.15, 0.2) is 21.5 Å². The second-order valence-corrected chi connectivity index (χ2v) is 7.27. The molecule has 0 bridgehead atoms. The Morgan fingerprint density at radius 3 is 2.80 bits per heavy atom. The van der Waals surface area contributed by atoms with Gasteiger partial charge < -0.3 is 10.5 Å². The molecule has 0 saturated heterocycles. The minimum atomic E-state index is -3.81. The van der Waals surface area contributed by atoms with E-state index in [4.69, 9.17) is 10.5 Å². The number of sulfonamides is 1. The van der Waals surface area contributed by atoms with Crippen molar-refractivity contribution in [1.82, 2.24) is 4.72 Å². The van der Waals surface area contributed by atoms with Crippen LogP contribution in [0.4, 0.5) is 10.1 Å². The van der Waals surface area contributed by atoms with Crippen LogP contribution in [0.1, 0.15) is 19.3 Å². The van der Waals surface area contributed by atoms with Crippen molar-refractivity contribution in [3.05, 3.63) is 22.4 Å². The van der Waals surface area contributed by atoms with Crippen molar-refractivity contribution in [1.29, 1.82) is 0 Å². The first-order valence-corrected chi connectivity index (χ1v) is 8.42. The summed E-state index contributed by atoms with van der Waals surface area (Å²) >= 11 is 2.96. The van der Waals surface area contributed by atoms with E-state index < -0.39 is 15.8 Å². The number of rotatable bonds is 4. The molecule has 1 fully saturated rings. The van der Waals surface area contributed by atoms with Crippen LogP contribution in [0.25, 0.3) is 0 Å². The first kappa shape index (κ1) is 15.7. The monoisotopic (exact) mass is 366 g/mol. The van der Waals surface area contributed by atoms with Gasteiger partial charge in [0.05, 0.1) is 16.3 Å². The van der Waals surface area contributed by atoms with Crippen molar-refractivity contribution >= 4 is 31.6 Å². The molecule has 0 amide bonds. The van der Waals surface area contributed by atoms with Crippen molar-refractivity contribution in [2.75, 3.05) is 12.8 Å². The molecular formula is C12H16BrFN2O3S. The van der Waals surface area contributed by atoms with Crippen LogP contribution < -0.4 is 10.5 Å². The van der Waals surface area contributed by atoms with Gasteiger partial charge >= 0.3 is 0 Å². The highest BCUT2D eigenvalue weighted by Gasteiger charge is 2.32. The first-order valence-electron chi connectivity index (χ1n) is 6.15. The summed E-state index contributed by atoms with van der Waals surface area (Å²) in [7, 11) is -2.25. The van der Waals surface area contributed by atoms with Gasteiger partial charge in [-0.25, -0.2) is 17.5 Å². The van der Waals surface area contributed by atoms with Gasteiger partial charge in [-0.3, -0.25) is 0 Å². The molecule has 0 spiro atoms. The largest absolute Gasteiger partial charge is 0.398 e. The summed E-state index contributed by atoms with van der Waals surface area (Å²) in [6.07, 6.45) is 2.27. The summed E-state index contributed by atoms with van der Waals surface area (Å²) in [5, 5.41) is 0. The Hall–Kier alpha value is -0.700. The fourth-order valence-corrected chi connectivity index (χ4v) is 4.31. The Morgan fingerprint density at radius 2 is 2.15 bits per heavy atom. The molecule has 2 rings (SSSR count).